The fraction of sp³-hybridized carbons (Fsp3) is 0.255. The van der Waals surface area contributed by atoms with Crippen LogP contribution in [-0.4, -0.2) is 49.8 Å². The summed E-state index contributed by atoms with van der Waals surface area (Å²) < 4.78 is 32.5. The number of hydrogen-bond donors (Lipinski definition) is 0. The first kappa shape index (κ1) is 43.7. The zero-order valence-electron chi connectivity index (χ0n) is 38.3. The Labute approximate surface area is 385 Å². The molecule has 3 heterocycles. The molecule has 3 aromatic heterocycles. The number of aryl methyl sites for hydroxylation is 1. The Hall–Kier alpha value is -7.53. The van der Waals surface area contributed by atoms with Crippen molar-refractivity contribution in [2.24, 2.45) is 0 Å². The van der Waals surface area contributed by atoms with Gasteiger partial charge >= 0.3 is 0 Å². The van der Waals surface area contributed by atoms with Crippen molar-refractivity contribution in [3.63, 3.8) is 0 Å². The van der Waals surface area contributed by atoms with Crippen LogP contribution < -0.4 is 14.2 Å². The summed E-state index contributed by atoms with van der Waals surface area (Å²) in [5.41, 5.74) is 9.16. The molecule has 0 amide bonds. The molecule has 0 saturated carbocycles. The maximum Gasteiger partial charge on any atom is 0.248 e. The lowest BCUT2D eigenvalue weighted by Crippen LogP contribution is -2.10. The van der Waals surface area contributed by atoms with Gasteiger partial charge in [-0.25, -0.2) is 4.98 Å². The van der Waals surface area contributed by atoms with Gasteiger partial charge in [0.15, 0.2) is 0 Å². The Morgan fingerprint density at radius 3 is 1.20 bits per heavy atom. The molecule has 9 rings (SSSR count). The van der Waals surface area contributed by atoms with Gasteiger partial charge in [-0.15, -0.1) is 20.4 Å². The quantitative estimate of drug-likeness (QED) is 0.0867. The number of ether oxygens (including phenoxy) is 3. The molecule has 11 heteroatoms. The molecule has 0 aliphatic carbocycles. The fourth-order valence-corrected chi connectivity index (χ4v) is 7.60. The third-order valence-corrected chi connectivity index (χ3v) is 11.4. The Kier molecular flexibility index (Phi) is 12.5. The highest BCUT2D eigenvalue weighted by atomic mass is 16.5. The van der Waals surface area contributed by atoms with Crippen LogP contribution in [0.1, 0.15) is 65.5 Å². The molecule has 334 valence electrons. The minimum Gasteiger partial charge on any atom is -0.494 e. The van der Waals surface area contributed by atoms with Crippen molar-refractivity contribution in [2.75, 3.05) is 19.8 Å². The SMILES string of the molecule is CC(C)(C)c1ccc(-c2nnc(-c3ccc(OCCCOc4ccc(-c5nc6ccccc6n5CCCOc5ccc(-c6nnc(-c7ccc(C(C)(C)C)cc7)o6)cc5)cc4)cc3)o2)cc1. The highest BCUT2D eigenvalue weighted by molar-refractivity contribution is 5.80. The van der Waals surface area contributed by atoms with Crippen LogP contribution in [-0.2, 0) is 17.4 Å². The highest BCUT2D eigenvalue weighted by Crippen LogP contribution is 2.32. The molecule has 0 N–H and O–H groups in total. The Balaban J connectivity index is 0.734. The van der Waals surface area contributed by atoms with Gasteiger partial charge in [0.25, 0.3) is 0 Å². The van der Waals surface area contributed by atoms with E-state index < -0.39 is 0 Å². The number of fused-ring (bicyclic) bond motifs is 1. The molecule has 0 saturated heterocycles. The summed E-state index contributed by atoms with van der Waals surface area (Å²) in [6.45, 7) is 15.5. The Bertz CT molecular complexity index is 2990. The topological polar surface area (TPSA) is 123 Å². The first-order valence-electron chi connectivity index (χ1n) is 22.5. The van der Waals surface area contributed by atoms with E-state index in [0.717, 1.165) is 81.3 Å². The van der Waals surface area contributed by atoms with Crippen molar-refractivity contribution in [3.8, 4) is 74.5 Å². The van der Waals surface area contributed by atoms with Gasteiger partial charge in [0.05, 0.1) is 30.9 Å². The predicted octanol–water partition coefficient (Wildman–Crippen LogP) is 13.0. The second-order valence-corrected chi connectivity index (χ2v) is 18.4. The van der Waals surface area contributed by atoms with E-state index in [-0.39, 0.29) is 10.8 Å². The van der Waals surface area contributed by atoms with Crippen LogP contribution in [0.25, 0.3) is 68.2 Å². The third kappa shape index (κ3) is 10.2. The minimum absolute atomic E-state index is 0.0760. The van der Waals surface area contributed by atoms with Crippen molar-refractivity contribution in [3.05, 3.63) is 157 Å². The second-order valence-electron chi connectivity index (χ2n) is 18.4. The van der Waals surface area contributed by atoms with Crippen LogP contribution in [0.4, 0.5) is 0 Å². The van der Waals surface area contributed by atoms with Crippen LogP contribution in [0.2, 0.25) is 0 Å². The zero-order valence-corrected chi connectivity index (χ0v) is 38.3. The summed E-state index contributed by atoms with van der Waals surface area (Å²) in [6, 6.07) is 48.3. The van der Waals surface area contributed by atoms with Gasteiger partial charge in [-0.3, -0.25) is 0 Å². The molecular formula is C55H54N6O5. The van der Waals surface area contributed by atoms with Crippen molar-refractivity contribution >= 4 is 11.0 Å². The van der Waals surface area contributed by atoms with Crippen molar-refractivity contribution in [2.45, 2.75) is 71.8 Å². The number of para-hydroxylation sites is 2. The summed E-state index contributed by atoms with van der Waals surface area (Å²) in [7, 11) is 0. The van der Waals surface area contributed by atoms with E-state index in [2.05, 4.69) is 109 Å². The number of hydrogen-bond acceptors (Lipinski definition) is 10. The maximum atomic E-state index is 6.17. The lowest BCUT2D eigenvalue weighted by molar-refractivity contribution is 0.247. The van der Waals surface area contributed by atoms with Gasteiger partial charge < -0.3 is 27.6 Å². The number of imidazole rings is 1. The molecule has 0 radical (unpaired) electrons. The number of aromatic nitrogens is 6. The first-order valence-corrected chi connectivity index (χ1v) is 22.5. The average Bonchev–Trinajstić information content (AvgIpc) is 4.11. The van der Waals surface area contributed by atoms with Crippen molar-refractivity contribution in [1.29, 1.82) is 0 Å². The minimum atomic E-state index is 0.0760. The normalized spacial score (nSPS) is 11.8. The van der Waals surface area contributed by atoms with Gasteiger partial charge in [0, 0.05) is 40.8 Å². The van der Waals surface area contributed by atoms with E-state index in [9.17, 15) is 0 Å². The fourth-order valence-electron chi connectivity index (χ4n) is 7.60. The number of rotatable bonds is 16. The van der Waals surface area contributed by atoms with E-state index in [0.29, 0.717) is 43.4 Å². The molecule has 0 unspecified atom stereocenters. The first-order chi connectivity index (χ1) is 31.9. The second kappa shape index (κ2) is 18.9. The third-order valence-electron chi connectivity index (χ3n) is 11.4. The van der Waals surface area contributed by atoms with Crippen molar-refractivity contribution in [1.82, 2.24) is 29.9 Å². The van der Waals surface area contributed by atoms with E-state index in [4.69, 9.17) is 28.0 Å². The summed E-state index contributed by atoms with van der Waals surface area (Å²) in [6.07, 6.45) is 1.51. The van der Waals surface area contributed by atoms with Crippen LogP contribution >= 0.6 is 0 Å². The maximum absolute atomic E-state index is 6.17. The Morgan fingerprint density at radius 2 is 0.788 bits per heavy atom. The monoisotopic (exact) mass is 878 g/mol. The van der Waals surface area contributed by atoms with Crippen LogP contribution in [0, 0.1) is 0 Å². The molecule has 11 nitrogen and oxygen atoms in total. The van der Waals surface area contributed by atoms with Gasteiger partial charge in [-0.2, -0.15) is 0 Å². The largest absolute Gasteiger partial charge is 0.494 e. The van der Waals surface area contributed by atoms with Gasteiger partial charge in [-0.1, -0.05) is 77.9 Å². The van der Waals surface area contributed by atoms with Crippen LogP contribution in [0.15, 0.2) is 154 Å². The number of nitrogens with zero attached hydrogens (tertiary/aromatic N) is 6. The average molecular weight is 879 g/mol. The zero-order chi connectivity index (χ0) is 45.7. The van der Waals surface area contributed by atoms with E-state index in [1.54, 1.807) is 0 Å². The molecule has 66 heavy (non-hydrogen) atoms. The molecular weight excluding hydrogens is 825 g/mol. The van der Waals surface area contributed by atoms with Gasteiger partial charge in [0.2, 0.25) is 23.6 Å². The molecule has 0 aliphatic rings. The van der Waals surface area contributed by atoms with Gasteiger partial charge in [0.1, 0.15) is 23.1 Å². The summed E-state index contributed by atoms with van der Waals surface area (Å²) in [5.74, 6) is 5.16. The lowest BCUT2D eigenvalue weighted by atomic mass is 9.87. The lowest BCUT2D eigenvalue weighted by Gasteiger charge is -2.18. The molecule has 0 bridgehead atoms. The highest BCUT2D eigenvalue weighted by Gasteiger charge is 2.18. The summed E-state index contributed by atoms with van der Waals surface area (Å²) in [4.78, 5) is 5.02. The standard InChI is InChI=1S/C55H54N6O5/c1-54(2,3)42-23-13-38(14-24-42)50-57-59-52(65-50)40-19-29-45(30-20-40)62-34-9-33-61-48-12-8-7-11-47(48)56-49(61)37-17-27-44(28-18-37)63-35-10-36-64-46-31-21-41(22-32-46)53-60-58-51(66-53)39-15-25-43(26-16-39)55(4,5)6/h7-8,11-32H,9-10,33-36H2,1-6H3. The summed E-state index contributed by atoms with van der Waals surface area (Å²) >= 11 is 0. The Morgan fingerprint density at radius 1 is 0.424 bits per heavy atom. The predicted molar refractivity (Wildman–Crippen MR) is 259 cm³/mol. The van der Waals surface area contributed by atoms with E-state index in [1.807, 2.05) is 103 Å². The molecule has 0 fully saturated rings. The van der Waals surface area contributed by atoms with E-state index >= 15 is 0 Å². The smallest absolute Gasteiger partial charge is 0.248 e. The van der Waals surface area contributed by atoms with Crippen molar-refractivity contribution < 1.29 is 23.0 Å². The van der Waals surface area contributed by atoms with Gasteiger partial charge in [-0.05, 0) is 138 Å². The molecule has 0 aliphatic heterocycles. The van der Waals surface area contributed by atoms with Crippen LogP contribution in [0.5, 0.6) is 17.2 Å². The molecule has 9 aromatic rings. The summed E-state index contributed by atoms with van der Waals surface area (Å²) in [5, 5.41) is 17.1. The number of benzene rings is 6. The molecule has 6 aromatic carbocycles. The van der Waals surface area contributed by atoms with E-state index in [1.165, 1.54) is 11.1 Å². The van der Waals surface area contributed by atoms with Crippen LogP contribution in [0.3, 0.4) is 0 Å². The molecule has 0 spiro atoms. The molecule has 0 atom stereocenters.